The van der Waals surface area contributed by atoms with Gasteiger partial charge in [0.05, 0.1) is 22.9 Å². The molecule has 0 saturated carbocycles. The van der Waals surface area contributed by atoms with Crippen molar-refractivity contribution in [3.05, 3.63) is 132 Å². The zero-order valence-electron chi connectivity index (χ0n) is 25.2. The van der Waals surface area contributed by atoms with Gasteiger partial charge in [-0.15, -0.1) is 0 Å². The van der Waals surface area contributed by atoms with Gasteiger partial charge in [0.1, 0.15) is 17.3 Å². The SMILES string of the molecule is Cc1ccnc(-n2c3ccccc3c3ccc(Oc4cc(C(C)C)cc(-n5cc(-c6c(C)cccc6C)cn5)c4)cc32)c1. The first-order chi connectivity index (χ1) is 20.9. The quantitative estimate of drug-likeness (QED) is 0.203. The molecular formula is C38H34N4O. The van der Waals surface area contributed by atoms with Gasteiger partial charge in [-0.1, -0.05) is 50.2 Å². The number of hydrogen-bond donors (Lipinski definition) is 0. The van der Waals surface area contributed by atoms with E-state index in [9.17, 15) is 0 Å². The Hall–Kier alpha value is -5.16. The summed E-state index contributed by atoms with van der Waals surface area (Å²) in [5, 5.41) is 7.12. The number of para-hydroxylation sites is 1. The van der Waals surface area contributed by atoms with Gasteiger partial charge in [-0.05, 0) is 97.0 Å². The Morgan fingerprint density at radius 3 is 2.30 bits per heavy atom. The van der Waals surface area contributed by atoms with Crippen molar-refractivity contribution in [1.82, 2.24) is 19.3 Å². The molecule has 0 bridgehead atoms. The highest BCUT2D eigenvalue weighted by Crippen LogP contribution is 2.36. The highest BCUT2D eigenvalue weighted by atomic mass is 16.5. The van der Waals surface area contributed by atoms with Crippen molar-refractivity contribution < 1.29 is 4.74 Å². The fourth-order valence-electron chi connectivity index (χ4n) is 6.03. The summed E-state index contributed by atoms with van der Waals surface area (Å²) < 4.78 is 10.8. The highest BCUT2D eigenvalue weighted by Gasteiger charge is 2.16. The van der Waals surface area contributed by atoms with Crippen LogP contribution in [0, 0.1) is 20.8 Å². The van der Waals surface area contributed by atoms with Gasteiger partial charge in [-0.3, -0.25) is 4.57 Å². The van der Waals surface area contributed by atoms with Crippen molar-refractivity contribution in [2.45, 2.75) is 40.5 Å². The maximum absolute atomic E-state index is 6.60. The van der Waals surface area contributed by atoms with Crippen LogP contribution in [0.1, 0.15) is 42.0 Å². The van der Waals surface area contributed by atoms with Gasteiger partial charge < -0.3 is 4.74 Å². The van der Waals surface area contributed by atoms with Gasteiger partial charge >= 0.3 is 0 Å². The summed E-state index contributed by atoms with van der Waals surface area (Å²) in [6.07, 6.45) is 5.92. The van der Waals surface area contributed by atoms with Crippen LogP contribution < -0.4 is 4.74 Å². The molecule has 0 radical (unpaired) electrons. The molecule has 212 valence electrons. The molecule has 7 rings (SSSR count). The van der Waals surface area contributed by atoms with Crippen LogP contribution >= 0.6 is 0 Å². The van der Waals surface area contributed by atoms with Gasteiger partial charge in [-0.2, -0.15) is 5.10 Å². The predicted octanol–water partition coefficient (Wildman–Crippen LogP) is 9.87. The molecule has 5 nitrogen and oxygen atoms in total. The maximum Gasteiger partial charge on any atom is 0.137 e. The van der Waals surface area contributed by atoms with Crippen LogP contribution in [0.5, 0.6) is 11.5 Å². The molecule has 0 spiro atoms. The molecule has 0 amide bonds. The average molecular weight is 563 g/mol. The summed E-state index contributed by atoms with van der Waals surface area (Å²) in [5.74, 6) is 2.77. The van der Waals surface area contributed by atoms with E-state index in [-0.39, 0.29) is 0 Å². The molecule has 0 aliphatic carbocycles. The molecule has 7 aromatic rings. The lowest BCUT2D eigenvalue weighted by molar-refractivity contribution is 0.481. The van der Waals surface area contributed by atoms with E-state index in [4.69, 9.17) is 14.8 Å². The topological polar surface area (TPSA) is 44.9 Å². The number of hydrogen-bond acceptors (Lipinski definition) is 3. The number of aryl methyl sites for hydroxylation is 3. The van der Waals surface area contributed by atoms with Crippen LogP contribution in [0.2, 0.25) is 0 Å². The van der Waals surface area contributed by atoms with Gasteiger partial charge in [0.2, 0.25) is 0 Å². The molecule has 0 N–H and O–H groups in total. The third kappa shape index (κ3) is 4.87. The van der Waals surface area contributed by atoms with Crippen molar-refractivity contribution in [3.63, 3.8) is 0 Å². The molecule has 3 heterocycles. The second kappa shape index (κ2) is 10.6. The summed E-state index contributed by atoms with van der Waals surface area (Å²) in [7, 11) is 0. The Kier molecular flexibility index (Phi) is 6.58. The Morgan fingerprint density at radius 2 is 1.51 bits per heavy atom. The molecule has 0 atom stereocenters. The van der Waals surface area contributed by atoms with Crippen molar-refractivity contribution in [2.75, 3.05) is 0 Å². The van der Waals surface area contributed by atoms with Crippen molar-refractivity contribution >= 4 is 21.8 Å². The molecule has 0 saturated heterocycles. The first-order valence-electron chi connectivity index (χ1n) is 14.8. The van der Waals surface area contributed by atoms with Crippen LogP contribution in [0.25, 0.3) is 44.4 Å². The second-order valence-corrected chi connectivity index (χ2v) is 11.7. The lowest BCUT2D eigenvalue weighted by Crippen LogP contribution is -1.99. The van der Waals surface area contributed by atoms with E-state index < -0.39 is 0 Å². The number of rotatable bonds is 6. The largest absolute Gasteiger partial charge is 0.457 e. The number of nitrogens with zero attached hydrogens (tertiary/aromatic N) is 4. The van der Waals surface area contributed by atoms with Crippen molar-refractivity contribution in [3.8, 4) is 34.1 Å². The molecule has 0 unspecified atom stereocenters. The third-order valence-corrected chi connectivity index (χ3v) is 8.21. The molecule has 0 aliphatic heterocycles. The Balaban J connectivity index is 1.31. The zero-order valence-corrected chi connectivity index (χ0v) is 25.2. The Labute approximate surface area is 252 Å². The number of aromatic nitrogens is 4. The van der Waals surface area contributed by atoms with Gasteiger partial charge in [0.25, 0.3) is 0 Å². The van der Waals surface area contributed by atoms with E-state index in [1.165, 1.54) is 38.6 Å². The number of fused-ring (bicyclic) bond motifs is 3. The van der Waals surface area contributed by atoms with E-state index >= 15 is 0 Å². The van der Waals surface area contributed by atoms with E-state index in [1.54, 1.807) is 0 Å². The van der Waals surface area contributed by atoms with E-state index in [1.807, 2.05) is 23.1 Å². The summed E-state index contributed by atoms with van der Waals surface area (Å²) in [6, 6.07) is 31.7. The van der Waals surface area contributed by atoms with Crippen molar-refractivity contribution in [2.24, 2.45) is 0 Å². The zero-order chi connectivity index (χ0) is 29.7. The predicted molar refractivity (Wildman–Crippen MR) is 176 cm³/mol. The highest BCUT2D eigenvalue weighted by molar-refractivity contribution is 6.09. The maximum atomic E-state index is 6.60. The van der Waals surface area contributed by atoms with Crippen LogP contribution in [-0.4, -0.2) is 19.3 Å². The average Bonchev–Trinajstić information content (AvgIpc) is 3.60. The monoisotopic (exact) mass is 562 g/mol. The minimum Gasteiger partial charge on any atom is -0.457 e. The van der Waals surface area contributed by atoms with Crippen LogP contribution in [0.15, 0.2) is 110 Å². The first-order valence-corrected chi connectivity index (χ1v) is 14.8. The summed E-state index contributed by atoms with van der Waals surface area (Å²) in [4.78, 5) is 4.72. The Bertz CT molecular complexity index is 2110. The lowest BCUT2D eigenvalue weighted by atomic mass is 9.98. The summed E-state index contributed by atoms with van der Waals surface area (Å²) >= 11 is 0. The first kappa shape index (κ1) is 26.7. The van der Waals surface area contributed by atoms with Crippen LogP contribution in [0.3, 0.4) is 0 Å². The van der Waals surface area contributed by atoms with Gasteiger partial charge in [-0.25, -0.2) is 9.67 Å². The lowest BCUT2D eigenvalue weighted by Gasteiger charge is -2.14. The number of ether oxygens (including phenoxy) is 1. The smallest absolute Gasteiger partial charge is 0.137 e. The summed E-state index contributed by atoms with van der Waals surface area (Å²) in [6.45, 7) is 10.8. The standard InChI is InChI=1S/C38H34N4O/c1-24(2)28-18-30(41-23-29(22-40-41)38-26(4)9-8-10-27(38)5)20-32(19-28)43-31-13-14-34-33-11-6-7-12-35(33)42(36(34)21-31)37-17-25(3)15-16-39-37/h6-24H,1-5H3. The molecular weight excluding hydrogens is 528 g/mol. The van der Waals surface area contributed by atoms with E-state index in [0.717, 1.165) is 39.6 Å². The van der Waals surface area contributed by atoms with Crippen LogP contribution in [0.4, 0.5) is 0 Å². The minimum atomic E-state index is 0.327. The molecule has 0 fully saturated rings. The second-order valence-electron chi connectivity index (χ2n) is 11.7. The van der Waals surface area contributed by atoms with E-state index in [2.05, 4.69) is 130 Å². The van der Waals surface area contributed by atoms with E-state index in [0.29, 0.717) is 5.92 Å². The summed E-state index contributed by atoms with van der Waals surface area (Å²) in [5.41, 5.74) is 10.3. The van der Waals surface area contributed by atoms with Gasteiger partial charge in [0.15, 0.2) is 0 Å². The fraction of sp³-hybridized carbons (Fsp3) is 0.158. The fourth-order valence-corrected chi connectivity index (χ4v) is 6.03. The third-order valence-electron chi connectivity index (χ3n) is 8.21. The molecule has 4 aromatic carbocycles. The molecule has 43 heavy (non-hydrogen) atoms. The minimum absolute atomic E-state index is 0.327. The van der Waals surface area contributed by atoms with Crippen molar-refractivity contribution in [1.29, 1.82) is 0 Å². The molecule has 3 aromatic heterocycles. The Morgan fingerprint density at radius 1 is 0.721 bits per heavy atom. The van der Waals surface area contributed by atoms with Gasteiger partial charge in [0, 0.05) is 40.9 Å². The molecule has 5 heteroatoms. The molecule has 0 aliphatic rings. The number of pyridine rings is 1. The number of benzene rings is 4. The normalized spacial score (nSPS) is 11.6. The van der Waals surface area contributed by atoms with Crippen LogP contribution in [-0.2, 0) is 0 Å².